The number of carbonyl (C=O) groups is 1. The molecule has 2 aromatic heterocycles. The second-order valence-electron chi connectivity index (χ2n) is 5.57. The molecule has 0 fully saturated rings. The number of nitrogens with zero attached hydrogens (tertiary/aromatic N) is 2. The summed E-state index contributed by atoms with van der Waals surface area (Å²) in [4.78, 5) is 32.2. The van der Waals surface area contributed by atoms with Crippen LogP contribution in [0.1, 0.15) is 29.4 Å². The SMILES string of the molecule is COC(=O)C[C@H](c1ccc2nccnc2c1)c1oc(C)cc(=O)c1O. The number of ether oxygens (including phenoxy) is 1. The molecule has 7 nitrogen and oxygen atoms in total. The van der Waals surface area contributed by atoms with E-state index in [0.29, 0.717) is 22.4 Å². The van der Waals surface area contributed by atoms with E-state index in [1.807, 2.05) is 0 Å². The number of rotatable bonds is 4. The van der Waals surface area contributed by atoms with Crippen LogP contribution < -0.4 is 5.43 Å². The summed E-state index contributed by atoms with van der Waals surface area (Å²) in [6.07, 6.45) is 3.05. The van der Waals surface area contributed by atoms with Crippen molar-refractivity contribution >= 4 is 17.0 Å². The van der Waals surface area contributed by atoms with Gasteiger partial charge in [0.05, 0.1) is 30.5 Å². The van der Waals surface area contributed by atoms with Crippen molar-refractivity contribution in [3.05, 3.63) is 64.0 Å². The van der Waals surface area contributed by atoms with Gasteiger partial charge in [-0.2, -0.15) is 0 Å². The summed E-state index contributed by atoms with van der Waals surface area (Å²) in [5.41, 5.74) is 1.42. The van der Waals surface area contributed by atoms with Gasteiger partial charge in [-0.25, -0.2) is 0 Å². The molecule has 0 aliphatic carbocycles. The Morgan fingerprint density at radius 3 is 2.68 bits per heavy atom. The number of aryl methyl sites for hydroxylation is 1. The zero-order valence-corrected chi connectivity index (χ0v) is 13.7. The van der Waals surface area contributed by atoms with E-state index in [1.165, 1.54) is 13.2 Å². The topological polar surface area (TPSA) is 103 Å². The lowest BCUT2D eigenvalue weighted by molar-refractivity contribution is -0.140. The Morgan fingerprint density at radius 2 is 1.96 bits per heavy atom. The molecule has 0 unspecified atom stereocenters. The Morgan fingerprint density at radius 1 is 1.24 bits per heavy atom. The van der Waals surface area contributed by atoms with Gasteiger partial charge >= 0.3 is 5.97 Å². The summed E-state index contributed by atoms with van der Waals surface area (Å²) in [6.45, 7) is 1.60. The maximum atomic E-state index is 11.9. The third kappa shape index (κ3) is 3.35. The third-order valence-electron chi connectivity index (χ3n) is 3.88. The predicted molar refractivity (Wildman–Crippen MR) is 89.4 cm³/mol. The maximum Gasteiger partial charge on any atom is 0.306 e. The summed E-state index contributed by atoms with van der Waals surface area (Å²) < 4.78 is 10.3. The van der Waals surface area contributed by atoms with Gasteiger partial charge in [0.2, 0.25) is 11.2 Å². The lowest BCUT2D eigenvalue weighted by Gasteiger charge is -2.17. The van der Waals surface area contributed by atoms with Gasteiger partial charge in [-0.1, -0.05) is 6.07 Å². The Labute approximate surface area is 142 Å². The number of esters is 1. The molecule has 2 heterocycles. The van der Waals surface area contributed by atoms with E-state index in [-0.39, 0.29) is 12.2 Å². The van der Waals surface area contributed by atoms with Crippen molar-refractivity contribution < 1.29 is 19.1 Å². The molecule has 0 aliphatic heterocycles. The first-order chi connectivity index (χ1) is 12.0. The first-order valence-corrected chi connectivity index (χ1v) is 7.60. The van der Waals surface area contributed by atoms with Crippen LogP contribution in [-0.4, -0.2) is 28.2 Å². The second kappa shape index (κ2) is 6.72. The quantitative estimate of drug-likeness (QED) is 0.727. The molecule has 0 saturated heterocycles. The molecular weight excluding hydrogens is 324 g/mol. The molecule has 0 spiro atoms. The summed E-state index contributed by atoms with van der Waals surface area (Å²) in [6, 6.07) is 6.46. The van der Waals surface area contributed by atoms with Gasteiger partial charge in [0, 0.05) is 18.5 Å². The van der Waals surface area contributed by atoms with Gasteiger partial charge in [0.1, 0.15) is 5.76 Å². The highest BCUT2D eigenvalue weighted by molar-refractivity contribution is 5.76. The number of aromatic hydroxyl groups is 1. The Hall–Kier alpha value is -3.22. The van der Waals surface area contributed by atoms with E-state index in [1.54, 1.807) is 37.5 Å². The van der Waals surface area contributed by atoms with Gasteiger partial charge in [0.15, 0.2) is 5.76 Å². The molecular formula is C18H16N2O5. The first kappa shape index (κ1) is 16.6. The Balaban J connectivity index is 2.17. The second-order valence-corrected chi connectivity index (χ2v) is 5.57. The van der Waals surface area contributed by atoms with Gasteiger partial charge in [-0.15, -0.1) is 0 Å². The molecule has 1 aromatic carbocycles. The van der Waals surface area contributed by atoms with Crippen molar-refractivity contribution in [2.75, 3.05) is 7.11 Å². The monoisotopic (exact) mass is 340 g/mol. The lowest BCUT2D eigenvalue weighted by atomic mass is 9.92. The van der Waals surface area contributed by atoms with Gasteiger partial charge < -0.3 is 14.3 Å². The van der Waals surface area contributed by atoms with E-state index >= 15 is 0 Å². The minimum atomic E-state index is -0.688. The normalized spacial score (nSPS) is 12.1. The molecule has 25 heavy (non-hydrogen) atoms. The largest absolute Gasteiger partial charge is 0.502 e. The van der Waals surface area contributed by atoms with Crippen LogP contribution in [0.5, 0.6) is 5.75 Å². The van der Waals surface area contributed by atoms with Crippen molar-refractivity contribution in [2.45, 2.75) is 19.3 Å². The zero-order chi connectivity index (χ0) is 18.0. The molecule has 0 bridgehead atoms. The van der Waals surface area contributed by atoms with Crippen molar-refractivity contribution in [3.8, 4) is 5.75 Å². The number of hydrogen-bond donors (Lipinski definition) is 1. The number of methoxy groups -OCH3 is 1. The van der Waals surface area contributed by atoms with Gasteiger partial charge in [0.25, 0.3) is 0 Å². The van der Waals surface area contributed by atoms with Crippen molar-refractivity contribution in [1.29, 1.82) is 0 Å². The number of hydrogen-bond acceptors (Lipinski definition) is 7. The smallest absolute Gasteiger partial charge is 0.306 e. The van der Waals surface area contributed by atoms with E-state index < -0.39 is 23.1 Å². The van der Waals surface area contributed by atoms with Gasteiger partial charge in [-0.3, -0.25) is 19.6 Å². The molecule has 3 rings (SSSR count). The average molecular weight is 340 g/mol. The molecule has 0 saturated carbocycles. The first-order valence-electron chi connectivity index (χ1n) is 7.60. The molecule has 1 atom stereocenters. The van der Waals surface area contributed by atoms with Crippen molar-refractivity contribution in [3.63, 3.8) is 0 Å². The molecule has 0 aliphatic rings. The fourth-order valence-corrected chi connectivity index (χ4v) is 2.67. The highest BCUT2D eigenvalue weighted by Crippen LogP contribution is 2.34. The summed E-state index contributed by atoms with van der Waals surface area (Å²) >= 11 is 0. The van der Waals surface area contributed by atoms with Crippen LogP contribution in [0, 0.1) is 6.92 Å². The molecule has 0 radical (unpaired) electrons. The molecule has 3 aromatic rings. The standard InChI is InChI=1S/C18H16N2O5/c1-10-7-15(21)17(23)18(25-10)12(9-16(22)24-2)11-3-4-13-14(8-11)20-6-5-19-13/h3-8,12,23H,9H2,1-2H3/t12-/m1/s1. The molecule has 1 N–H and O–H groups in total. The van der Waals surface area contributed by atoms with Crippen LogP contribution in [-0.2, 0) is 9.53 Å². The lowest BCUT2D eigenvalue weighted by Crippen LogP contribution is -2.13. The molecule has 7 heteroatoms. The predicted octanol–water partition coefficient (Wildman–Crippen LogP) is 2.29. The van der Waals surface area contributed by atoms with E-state index in [2.05, 4.69) is 9.97 Å². The molecule has 0 amide bonds. The number of aromatic nitrogens is 2. The fraction of sp³-hybridized carbons (Fsp3) is 0.222. The van der Waals surface area contributed by atoms with Crippen LogP contribution >= 0.6 is 0 Å². The Kier molecular flexibility index (Phi) is 4.47. The zero-order valence-electron chi connectivity index (χ0n) is 13.7. The summed E-state index contributed by atoms with van der Waals surface area (Å²) in [7, 11) is 1.28. The van der Waals surface area contributed by atoms with Crippen molar-refractivity contribution in [2.24, 2.45) is 0 Å². The minimum Gasteiger partial charge on any atom is -0.502 e. The van der Waals surface area contributed by atoms with Crippen LogP contribution in [0.2, 0.25) is 0 Å². The van der Waals surface area contributed by atoms with E-state index in [0.717, 1.165) is 0 Å². The number of fused-ring (bicyclic) bond motifs is 1. The minimum absolute atomic E-state index is 0.0265. The number of carbonyl (C=O) groups excluding carboxylic acids is 1. The van der Waals surface area contributed by atoms with Crippen LogP contribution in [0.15, 0.2) is 45.9 Å². The molecule has 128 valence electrons. The van der Waals surface area contributed by atoms with E-state index in [4.69, 9.17) is 9.15 Å². The van der Waals surface area contributed by atoms with Crippen LogP contribution in [0.3, 0.4) is 0 Å². The van der Waals surface area contributed by atoms with Gasteiger partial charge in [-0.05, 0) is 24.6 Å². The highest BCUT2D eigenvalue weighted by atomic mass is 16.5. The van der Waals surface area contributed by atoms with Crippen LogP contribution in [0.4, 0.5) is 0 Å². The Bertz CT molecular complexity index is 996. The summed E-state index contributed by atoms with van der Waals surface area (Å²) in [5, 5.41) is 10.2. The highest BCUT2D eigenvalue weighted by Gasteiger charge is 2.26. The van der Waals surface area contributed by atoms with Crippen LogP contribution in [0.25, 0.3) is 11.0 Å². The maximum absolute atomic E-state index is 11.9. The number of benzene rings is 1. The van der Waals surface area contributed by atoms with Crippen molar-refractivity contribution in [1.82, 2.24) is 9.97 Å². The average Bonchev–Trinajstić information content (AvgIpc) is 2.62. The van der Waals surface area contributed by atoms with E-state index in [9.17, 15) is 14.7 Å². The fourth-order valence-electron chi connectivity index (χ4n) is 2.67. The summed E-state index contributed by atoms with van der Waals surface area (Å²) in [5.74, 6) is -1.33. The third-order valence-corrected chi connectivity index (χ3v) is 3.88.